The molecular formula is C15H23N3O3. The van der Waals surface area contributed by atoms with Crippen molar-refractivity contribution in [2.24, 2.45) is 17.8 Å². The Hall–Kier alpha value is -1.40. The van der Waals surface area contributed by atoms with Crippen LogP contribution in [0.4, 0.5) is 0 Å². The molecule has 6 heteroatoms. The van der Waals surface area contributed by atoms with E-state index in [9.17, 15) is 4.79 Å². The van der Waals surface area contributed by atoms with Crippen molar-refractivity contribution in [1.29, 1.82) is 0 Å². The van der Waals surface area contributed by atoms with Crippen molar-refractivity contribution in [2.75, 3.05) is 33.4 Å². The molecule has 0 spiro atoms. The van der Waals surface area contributed by atoms with Crippen molar-refractivity contribution >= 4 is 5.91 Å². The molecule has 116 valence electrons. The van der Waals surface area contributed by atoms with E-state index in [1.807, 2.05) is 13.0 Å². The first kappa shape index (κ1) is 14.5. The number of amides is 1. The molecule has 1 aromatic heterocycles. The minimum atomic E-state index is 0.106. The van der Waals surface area contributed by atoms with Gasteiger partial charge in [0.15, 0.2) is 0 Å². The number of carbonyl (C=O) groups excluding carboxylic acids is 1. The van der Waals surface area contributed by atoms with Gasteiger partial charge in [-0.3, -0.25) is 9.69 Å². The number of ether oxygens (including phenoxy) is 1. The van der Waals surface area contributed by atoms with Gasteiger partial charge in [0, 0.05) is 39.2 Å². The zero-order valence-corrected chi connectivity index (χ0v) is 12.7. The number of aryl methyl sites for hydroxylation is 1. The normalized spacial score (nSPS) is 29.3. The Morgan fingerprint density at radius 3 is 3.05 bits per heavy atom. The maximum atomic E-state index is 11.6. The van der Waals surface area contributed by atoms with Crippen molar-refractivity contribution in [1.82, 2.24) is 15.4 Å². The number of rotatable bonds is 4. The first-order valence-electron chi connectivity index (χ1n) is 7.58. The van der Waals surface area contributed by atoms with Gasteiger partial charge in [-0.2, -0.15) is 0 Å². The third-order valence-electron chi connectivity index (χ3n) is 4.63. The zero-order valence-electron chi connectivity index (χ0n) is 12.7. The maximum absolute atomic E-state index is 11.6. The van der Waals surface area contributed by atoms with Gasteiger partial charge in [-0.15, -0.1) is 0 Å². The number of hydrogen-bond donors (Lipinski definition) is 1. The highest BCUT2D eigenvalue weighted by atomic mass is 16.5. The SMILES string of the molecule is CNC(=O)C[C@H]1COC[C@@H]2CN(Cc3cc(C)on3)C[C@@H]12. The Morgan fingerprint density at radius 2 is 2.33 bits per heavy atom. The van der Waals surface area contributed by atoms with Gasteiger partial charge >= 0.3 is 0 Å². The second-order valence-corrected chi connectivity index (χ2v) is 6.22. The Kier molecular flexibility index (Phi) is 4.26. The minimum Gasteiger partial charge on any atom is -0.381 e. The molecule has 0 aliphatic carbocycles. The lowest BCUT2D eigenvalue weighted by Crippen LogP contribution is -2.37. The summed E-state index contributed by atoms with van der Waals surface area (Å²) in [6.45, 7) is 6.27. The summed E-state index contributed by atoms with van der Waals surface area (Å²) in [7, 11) is 1.69. The van der Waals surface area contributed by atoms with Crippen LogP contribution in [-0.2, 0) is 16.1 Å². The summed E-state index contributed by atoms with van der Waals surface area (Å²) >= 11 is 0. The Bertz CT molecular complexity index is 502. The van der Waals surface area contributed by atoms with Crippen molar-refractivity contribution in [3.05, 3.63) is 17.5 Å². The summed E-state index contributed by atoms with van der Waals surface area (Å²) in [5.41, 5.74) is 0.981. The fourth-order valence-corrected chi connectivity index (χ4v) is 3.59. The molecule has 2 aliphatic heterocycles. The highest BCUT2D eigenvalue weighted by Crippen LogP contribution is 2.36. The standard InChI is InChI=1S/C15H23N3O3/c1-10-3-13(17-21-10)6-18-5-12-9-20-8-11(14(12)7-18)4-15(19)16-2/h3,11-12,14H,4-9H2,1-2H3,(H,16,19)/t11-,12-,14-/m0/s1. The number of fused-ring (bicyclic) bond motifs is 1. The van der Waals surface area contributed by atoms with Crippen LogP contribution in [0.5, 0.6) is 0 Å². The lowest BCUT2D eigenvalue weighted by atomic mass is 9.81. The molecule has 3 atom stereocenters. The number of carbonyl (C=O) groups is 1. The highest BCUT2D eigenvalue weighted by molar-refractivity contribution is 5.75. The molecule has 2 aliphatic rings. The zero-order chi connectivity index (χ0) is 14.8. The van der Waals surface area contributed by atoms with E-state index < -0.39 is 0 Å². The Balaban J connectivity index is 1.61. The van der Waals surface area contributed by atoms with E-state index in [2.05, 4.69) is 15.4 Å². The minimum absolute atomic E-state index is 0.106. The molecule has 0 saturated carbocycles. The number of nitrogens with one attached hydrogen (secondary N) is 1. The van der Waals surface area contributed by atoms with Gasteiger partial charge in [0.1, 0.15) is 5.76 Å². The Labute approximate surface area is 124 Å². The molecule has 3 rings (SSSR count). The summed E-state index contributed by atoms with van der Waals surface area (Å²) in [5, 5.41) is 6.78. The van der Waals surface area contributed by atoms with Gasteiger partial charge < -0.3 is 14.6 Å². The van der Waals surface area contributed by atoms with Gasteiger partial charge in [-0.05, 0) is 24.7 Å². The summed E-state index contributed by atoms with van der Waals surface area (Å²) < 4.78 is 10.8. The van der Waals surface area contributed by atoms with E-state index >= 15 is 0 Å². The van der Waals surface area contributed by atoms with Gasteiger partial charge in [0.25, 0.3) is 0 Å². The topological polar surface area (TPSA) is 67.6 Å². The van der Waals surface area contributed by atoms with E-state index in [1.165, 1.54) is 0 Å². The average molecular weight is 293 g/mol. The molecule has 0 unspecified atom stereocenters. The molecule has 1 amide bonds. The fourth-order valence-electron chi connectivity index (χ4n) is 3.59. The number of hydrogen-bond acceptors (Lipinski definition) is 5. The Morgan fingerprint density at radius 1 is 1.48 bits per heavy atom. The van der Waals surface area contributed by atoms with Gasteiger partial charge in [-0.1, -0.05) is 5.16 Å². The lowest BCUT2D eigenvalue weighted by Gasteiger charge is -2.32. The summed E-state index contributed by atoms with van der Waals surface area (Å²) in [6.07, 6.45) is 0.564. The van der Waals surface area contributed by atoms with Crippen LogP contribution in [-0.4, -0.2) is 49.3 Å². The van der Waals surface area contributed by atoms with E-state index in [1.54, 1.807) is 7.05 Å². The molecule has 0 radical (unpaired) electrons. The smallest absolute Gasteiger partial charge is 0.220 e. The second-order valence-electron chi connectivity index (χ2n) is 6.22. The number of nitrogens with zero attached hydrogens (tertiary/aromatic N) is 2. The van der Waals surface area contributed by atoms with Crippen LogP contribution in [0.15, 0.2) is 10.6 Å². The summed E-state index contributed by atoms with van der Waals surface area (Å²) in [6, 6.07) is 1.99. The van der Waals surface area contributed by atoms with Crippen LogP contribution in [0.25, 0.3) is 0 Å². The number of aromatic nitrogens is 1. The monoisotopic (exact) mass is 293 g/mol. The van der Waals surface area contributed by atoms with Crippen LogP contribution >= 0.6 is 0 Å². The first-order chi connectivity index (χ1) is 10.2. The van der Waals surface area contributed by atoms with Gasteiger partial charge in [0.05, 0.1) is 18.9 Å². The summed E-state index contributed by atoms with van der Waals surface area (Å²) in [5.74, 6) is 2.36. The predicted molar refractivity (Wildman–Crippen MR) is 76.5 cm³/mol. The van der Waals surface area contributed by atoms with E-state index in [0.29, 0.717) is 30.8 Å². The lowest BCUT2D eigenvalue weighted by molar-refractivity contribution is -0.124. The van der Waals surface area contributed by atoms with Crippen LogP contribution in [0.1, 0.15) is 17.9 Å². The van der Waals surface area contributed by atoms with Crippen molar-refractivity contribution in [2.45, 2.75) is 19.9 Å². The molecule has 2 fully saturated rings. The molecule has 6 nitrogen and oxygen atoms in total. The molecule has 0 aromatic carbocycles. The van der Waals surface area contributed by atoms with Crippen molar-refractivity contribution in [3.63, 3.8) is 0 Å². The average Bonchev–Trinajstić information content (AvgIpc) is 3.05. The number of likely N-dealkylation sites (tertiary alicyclic amines) is 1. The third-order valence-corrected chi connectivity index (χ3v) is 4.63. The van der Waals surface area contributed by atoms with E-state index in [4.69, 9.17) is 9.26 Å². The van der Waals surface area contributed by atoms with Crippen LogP contribution in [0.2, 0.25) is 0 Å². The molecule has 1 N–H and O–H groups in total. The molecule has 1 aromatic rings. The van der Waals surface area contributed by atoms with Crippen LogP contribution < -0.4 is 5.32 Å². The van der Waals surface area contributed by atoms with Crippen LogP contribution in [0, 0.1) is 24.7 Å². The largest absolute Gasteiger partial charge is 0.381 e. The second kappa shape index (κ2) is 6.15. The molecule has 2 saturated heterocycles. The molecular weight excluding hydrogens is 270 g/mol. The van der Waals surface area contributed by atoms with E-state index in [0.717, 1.165) is 37.7 Å². The highest BCUT2D eigenvalue weighted by Gasteiger charge is 2.41. The molecule has 3 heterocycles. The third kappa shape index (κ3) is 3.27. The molecule has 21 heavy (non-hydrogen) atoms. The quantitative estimate of drug-likeness (QED) is 0.890. The van der Waals surface area contributed by atoms with Gasteiger partial charge in [-0.25, -0.2) is 0 Å². The van der Waals surface area contributed by atoms with Crippen molar-refractivity contribution < 1.29 is 14.1 Å². The van der Waals surface area contributed by atoms with E-state index in [-0.39, 0.29) is 5.91 Å². The van der Waals surface area contributed by atoms with Gasteiger partial charge in [0.2, 0.25) is 5.91 Å². The van der Waals surface area contributed by atoms with Crippen LogP contribution in [0.3, 0.4) is 0 Å². The first-order valence-corrected chi connectivity index (χ1v) is 7.58. The maximum Gasteiger partial charge on any atom is 0.220 e. The molecule has 0 bridgehead atoms. The van der Waals surface area contributed by atoms with Crippen molar-refractivity contribution in [3.8, 4) is 0 Å². The summed E-state index contributed by atoms with van der Waals surface area (Å²) in [4.78, 5) is 14.0. The predicted octanol–water partition coefficient (Wildman–Crippen LogP) is 0.814. The fraction of sp³-hybridized carbons (Fsp3) is 0.733.